The lowest BCUT2D eigenvalue weighted by atomic mass is 10.0. The van der Waals surface area contributed by atoms with Crippen LogP contribution in [0.5, 0.6) is 5.75 Å². The van der Waals surface area contributed by atoms with Crippen LogP contribution >= 0.6 is 11.6 Å². The monoisotopic (exact) mass is 250 g/mol. The summed E-state index contributed by atoms with van der Waals surface area (Å²) in [5.41, 5.74) is -0.0634. The first-order chi connectivity index (χ1) is 7.40. The molecule has 0 aliphatic carbocycles. The van der Waals surface area contributed by atoms with Gasteiger partial charge in [-0.15, -0.1) is 11.6 Å². The molecular weight excluding hydrogens is 241 g/mol. The average Bonchev–Trinajstić information content (AvgIpc) is 2.25. The van der Waals surface area contributed by atoms with E-state index in [9.17, 15) is 13.2 Å². The van der Waals surface area contributed by atoms with Crippen molar-refractivity contribution in [2.24, 2.45) is 0 Å². The molecule has 1 nitrogen and oxygen atoms in total. The Labute approximate surface area is 96.5 Å². The molecule has 1 aromatic rings. The van der Waals surface area contributed by atoms with Gasteiger partial charge in [0.05, 0.1) is 12.7 Å². The molecule has 0 radical (unpaired) electrons. The van der Waals surface area contributed by atoms with Crippen LogP contribution in [0.2, 0.25) is 0 Å². The lowest BCUT2D eigenvalue weighted by Gasteiger charge is -2.13. The van der Waals surface area contributed by atoms with E-state index in [-0.39, 0.29) is 11.4 Å². The van der Waals surface area contributed by atoms with Crippen LogP contribution in [0.15, 0.2) is 24.8 Å². The van der Waals surface area contributed by atoms with Gasteiger partial charge in [0.15, 0.2) is 0 Å². The van der Waals surface area contributed by atoms with Gasteiger partial charge < -0.3 is 4.74 Å². The summed E-state index contributed by atoms with van der Waals surface area (Å²) in [5.74, 6) is 0.385. The van der Waals surface area contributed by atoms with E-state index in [2.05, 4.69) is 6.58 Å². The maximum absolute atomic E-state index is 12.5. The Hall–Kier alpha value is -1.16. The molecule has 0 bridgehead atoms. The Morgan fingerprint density at radius 2 is 2.06 bits per heavy atom. The Kier molecular flexibility index (Phi) is 3.86. The minimum absolute atomic E-state index is 0.0532. The van der Waals surface area contributed by atoms with Crippen molar-refractivity contribution in [2.75, 3.05) is 13.0 Å². The van der Waals surface area contributed by atoms with Gasteiger partial charge in [-0.25, -0.2) is 0 Å². The molecule has 16 heavy (non-hydrogen) atoms. The smallest absolute Gasteiger partial charge is 0.416 e. The SMILES string of the molecule is C=C(CCl)c1cc(C(F)(F)F)ccc1OC. The molecule has 0 aliphatic heterocycles. The molecule has 0 aliphatic rings. The van der Waals surface area contributed by atoms with Crippen molar-refractivity contribution in [2.45, 2.75) is 6.18 Å². The van der Waals surface area contributed by atoms with E-state index in [1.165, 1.54) is 13.2 Å². The number of halogens is 4. The first-order valence-corrected chi connectivity index (χ1v) is 4.93. The second-order valence-electron chi connectivity index (χ2n) is 3.15. The second kappa shape index (κ2) is 4.78. The van der Waals surface area contributed by atoms with E-state index in [4.69, 9.17) is 16.3 Å². The average molecular weight is 251 g/mol. The van der Waals surface area contributed by atoms with E-state index in [1.54, 1.807) is 0 Å². The molecule has 1 rings (SSSR count). The molecule has 0 fully saturated rings. The third-order valence-corrected chi connectivity index (χ3v) is 2.39. The van der Waals surface area contributed by atoms with Gasteiger partial charge in [-0.1, -0.05) is 6.58 Å². The van der Waals surface area contributed by atoms with Gasteiger partial charge >= 0.3 is 6.18 Å². The van der Waals surface area contributed by atoms with Crippen LogP contribution in [0, 0.1) is 0 Å². The van der Waals surface area contributed by atoms with Crippen molar-refractivity contribution in [3.8, 4) is 5.75 Å². The first-order valence-electron chi connectivity index (χ1n) is 4.39. The van der Waals surface area contributed by atoms with Crippen molar-refractivity contribution in [3.05, 3.63) is 35.9 Å². The molecule has 5 heteroatoms. The predicted octanol–water partition coefficient (Wildman–Crippen LogP) is 3.97. The summed E-state index contributed by atoms with van der Waals surface area (Å²) < 4.78 is 42.4. The molecule has 0 unspecified atom stereocenters. The fourth-order valence-electron chi connectivity index (χ4n) is 1.23. The third-order valence-electron chi connectivity index (χ3n) is 2.07. The summed E-state index contributed by atoms with van der Waals surface area (Å²) in [4.78, 5) is 0. The van der Waals surface area contributed by atoms with E-state index in [1.807, 2.05) is 0 Å². The van der Waals surface area contributed by atoms with E-state index in [0.717, 1.165) is 12.1 Å². The van der Waals surface area contributed by atoms with Crippen LogP contribution in [-0.4, -0.2) is 13.0 Å². The van der Waals surface area contributed by atoms with E-state index >= 15 is 0 Å². The highest BCUT2D eigenvalue weighted by Gasteiger charge is 2.31. The van der Waals surface area contributed by atoms with Crippen molar-refractivity contribution >= 4 is 17.2 Å². The molecule has 0 saturated carbocycles. The lowest BCUT2D eigenvalue weighted by Crippen LogP contribution is -2.06. The van der Waals surface area contributed by atoms with Gasteiger partial charge in [-0.05, 0) is 23.8 Å². The number of alkyl halides is 4. The summed E-state index contributed by atoms with van der Waals surface area (Å²) in [6.07, 6.45) is -4.38. The fourth-order valence-corrected chi connectivity index (χ4v) is 1.38. The van der Waals surface area contributed by atoms with Crippen molar-refractivity contribution in [1.82, 2.24) is 0 Å². The van der Waals surface area contributed by atoms with Crippen LogP contribution in [0.3, 0.4) is 0 Å². The van der Waals surface area contributed by atoms with E-state index < -0.39 is 11.7 Å². The van der Waals surface area contributed by atoms with E-state index in [0.29, 0.717) is 11.3 Å². The van der Waals surface area contributed by atoms with Gasteiger partial charge in [0, 0.05) is 11.4 Å². The highest BCUT2D eigenvalue weighted by atomic mass is 35.5. The zero-order valence-corrected chi connectivity index (χ0v) is 9.32. The second-order valence-corrected chi connectivity index (χ2v) is 3.42. The normalized spacial score (nSPS) is 11.3. The number of benzene rings is 1. The van der Waals surface area contributed by atoms with Crippen LogP contribution in [0.25, 0.3) is 5.57 Å². The third kappa shape index (κ3) is 2.70. The minimum atomic E-state index is -4.38. The van der Waals surface area contributed by atoms with Crippen molar-refractivity contribution in [1.29, 1.82) is 0 Å². The Balaban J connectivity index is 3.27. The zero-order chi connectivity index (χ0) is 12.3. The van der Waals surface area contributed by atoms with Gasteiger partial charge in [0.25, 0.3) is 0 Å². The number of methoxy groups -OCH3 is 1. The zero-order valence-electron chi connectivity index (χ0n) is 8.57. The summed E-state index contributed by atoms with van der Waals surface area (Å²) in [7, 11) is 1.38. The van der Waals surface area contributed by atoms with Gasteiger partial charge in [0.2, 0.25) is 0 Å². The molecule has 0 spiro atoms. The quantitative estimate of drug-likeness (QED) is 0.738. The molecule has 0 aromatic heterocycles. The molecule has 88 valence electrons. The summed E-state index contributed by atoms with van der Waals surface area (Å²) >= 11 is 5.55. The number of allylic oxidation sites excluding steroid dienone is 1. The maximum atomic E-state index is 12.5. The molecule has 0 amide bonds. The Morgan fingerprint density at radius 3 is 2.50 bits per heavy atom. The number of hydrogen-bond acceptors (Lipinski definition) is 1. The molecule has 0 heterocycles. The predicted molar refractivity (Wildman–Crippen MR) is 57.8 cm³/mol. The Bertz CT molecular complexity index is 399. The number of ether oxygens (including phenoxy) is 1. The summed E-state index contributed by atoms with van der Waals surface area (Å²) in [6, 6.07) is 3.21. The van der Waals surface area contributed by atoms with Gasteiger partial charge in [-0.2, -0.15) is 13.2 Å². The molecule has 0 saturated heterocycles. The summed E-state index contributed by atoms with van der Waals surface area (Å²) in [6.45, 7) is 3.60. The standard InChI is InChI=1S/C11H10ClF3O/c1-7(6-12)9-5-8(11(13,14)15)3-4-10(9)16-2/h3-5H,1,6H2,2H3. The molecule has 0 N–H and O–H groups in total. The van der Waals surface area contributed by atoms with Gasteiger partial charge in [-0.3, -0.25) is 0 Å². The number of hydrogen-bond donors (Lipinski definition) is 0. The topological polar surface area (TPSA) is 9.23 Å². The lowest BCUT2D eigenvalue weighted by molar-refractivity contribution is -0.137. The highest BCUT2D eigenvalue weighted by Crippen LogP contribution is 2.34. The fraction of sp³-hybridized carbons (Fsp3) is 0.273. The van der Waals surface area contributed by atoms with Crippen LogP contribution in [0.1, 0.15) is 11.1 Å². The molecular formula is C11H10ClF3O. The van der Waals surface area contributed by atoms with Gasteiger partial charge in [0.1, 0.15) is 5.75 Å². The Morgan fingerprint density at radius 1 is 1.44 bits per heavy atom. The summed E-state index contributed by atoms with van der Waals surface area (Å²) in [5, 5.41) is 0. The van der Waals surface area contributed by atoms with Crippen molar-refractivity contribution in [3.63, 3.8) is 0 Å². The largest absolute Gasteiger partial charge is 0.496 e. The first kappa shape index (κ1) is 12.9. The highest BCUT2D eigenvalue weighted by molar-refractivity contribution is 6.23. The van der Waals surface area contributed by atoms with Crippen LogP contribution < -0.4 is 4.74 Å². The minimum Gasteiger partial charge on any atom is -0.496 e. The van der Waals surface area contributed by atoms with Crippen molar-refractivity contribution < 1.29 is 17.9 Å². The van der Waals surface area contributed by atoms with Crippen LogP contribution in [0.4, 0.5) is 13.2 Å². The number of rotatable bonds is 3. The molecule has 1 aromatic carbocycles. The van der Waals surface area contributed by atoms with Crippen LogP contribution in [-0.2, 0) is 6.18 Å². The molecule has 0 atom stereocenters. The maximum Gasteiger partial charge on any atom is 0.416 e.